The predicted octanol–water partition coefficient (Wildman–Crippen LogP) is 3.79. The monoisotopic (exact) mass is 404 g/mol. The second-order valence-electron chi connectivity index (χ2n) is 7.11. The topological polar surface area (TPSA) is 86.1 Å². The van der Waals surface area contributed by atoms with Crippen molar-refractivity contribution in [3.8, 4) is 0 Å². The molecule has 0 fully saturated rings. The molecule has 0 saturated heterocycles. The van der Waals surface area contributed by atoms with Crippen molar-refractivity contribution in [3.63, 3.8) is 0 Å². The third-order valence-corrected chi connectivity index (χ3v) is 4.72. The van der Waals surface area contributed by atoms with Crippen molar-refractivity contribution in [2.75, 3.05) is 11.1 Å². The molecule has 152 valence electrons. The molecule has 1 amide bonds. The van der Waals surface area contributed by atoms with Crippen LogP contribution in [0.1, 0.15) is 50.8 Å². The van der Waals surface area contributed by atoms with Crippen LogP contribution in [-0.4, -0.2) is 38.5 Å². The maximum atomic E-state index is 12.3. The molecule has 0 aliphatic heterocycles. The Balaban J connectivity index is 1.96. The maximum Gasteiger partial charge on any atom is 0.338 e. The molecule has 1 aromatic heterocycles. The summed E-state index contributed by atoms with van der Waals surface area (Å²) in [7, 11) is 0. The maximum absolute atomic E-state index is 12.3. The Hall–Kier alpha value is -2.35. The van der Waals surface area contributed by atoms with Gasteiger partial charge in [0.05, 0.1) is 17.4 Å². The van der Waals surface area contributed by atoms with Crippen molar-refractivity contribution in [3.05, 3.63) is 35.7 Å². The molecule has 0 spiro atoms. The molecule has 28 heavy (non-hydrogen) atoms. The van der Waals surface area contributed by atoms with Gasteiger partial charge in [-0.25, -0.2) is 4.79 Å². The Morgan fingerprint density at radius 2 is 1.96 bits per heavy atom. The summed E-state index contributed by atoms with van der Waals surface area (Å²) < 4.78 is 7.23. The van der Waals surface area contributed by atoms with Crippen LogP contribution in [0.4, 0.5) is 5.69 Å². The quantitative estimate of drug-likeness (QED) is 0.505. The number of anilines is 1. The van der Waals surface area contributed by atoms with Crippen LogP contribution >= 0.6 is 11.8 Å². The zero-order valence-electron chi connectivity index (χ0n) is 17.1. The van der Waals surface area contributed by atoms with E-state index in [0.717, 1.165) is 23.9 Å². The van der Waals surface area contributed by atoms with Gasteiger partial charge in [-0.2, -0.15) is 0 Å². The molecule has 0 aliphatic rings. The normalized spacial score (nSPS) is 11.1. The van der Waals surface area contributed by atoms with Gasteiger partial charge in [-0.1, -0.05) is 31.7 Å². The number of carbonyl (C=O) groups is 2. The van der Waals surface area contributed by atoms with Crippen LogP contribution in [0.15, 0.2) is 29.4 Å². The summed E-state index contributed by atoms with van der Waals surface area (Å²) in [6.45, 7) is 10.7. The van der Waals surface area contributed by atoms with Gasteiger partial charge in [-0.15, -0.1) is 10.2 Å². The van der Waals surface area contributed by atoms with E-state index in [1.165, 1.54) is 11.8 Å². The molecule has 1 heterocycles. The number of rotatable bonds is 9. The van der Waals surface area contributed by atoms with Gasteiger partial charge in [0.1, 0.15) is 5.82 Å². The van der Waals surface area contributed by atoms with Crippen LogP contribution in [0.25, 0.3) is 0 Å². The molecule has 1 aromatic carbocycles. The molecule has 0 saturated carbocycles. The molecule has 2 rings (SSSR count). The second-order valence-corrected chi connectivity index (χ2v) is 8.06. The summed E-state index contributed by atoms with van der Waals surface area (Å²) in [6, 6.07) is 6.73. The van der Waals surface area contributed by atoms with E-state index in [9.17, 15) is 9.59 Å². The summed E-state index contributed by atoms with van der Waals surface area (Å²) in [6.07, 6.45) is 0.658. The largest absolute Gasteiger partial charge is 0.459 e. The summed E-state index contributed by atoms with van der Waals surface area (Å²) in [5.74, 6) is 1.06. The zero-order chi connectivity index (χ0) is 20.7. The molecule has 0 atom stereocenters. The minimum atomic E-state index is -0.408. The standard InChI is InChI=1S/C20H28N4O3S/c1-6-24-17(10-13(2)3)22-23-20(24)28-12-18(25)21-16-9-7-8-15(11-16)19(26)27-14(4)5/h7-9,11,13-14H,6,10,12H2,1-5H3,(H,21,25). The van der Waals surface area contributed by atoms with E-state index < -0.39 is 5.97 Å². The summed E-state index contributed by atoms with van der Waals surface area (Å²) in [4.78, 5) is 24.3. The molecular weight excluding hydrogens is 376 g/mol. The van der Waals surface area contributed by atoms with Crippen LogP contribution in [0.5, 0.6) is 0 Å². The Kier molecular flexibility index (Phi) is 8.04. The number of carbonyl (C=O) groups excluding carboxylic acids is 2. The number of esters is 1. The number of nitrogens with one attached hydrogen (secondary N) is 1. The van der Waals surface area contributed by atoms with Crippen molar-refractivity contribution in [2.45, 2.75) is 58.8 Å². The fourth-order valence-electron chi connectivity index (χ4n) is 2.59. The van der Waals surface area contributed by atoms with E-state index in [-0.39, 0.29) is 17.8 Å². The summed E-state index contributed by atoms with van der Waals surface area (Å²) in [5, 5.41) is 12.0. The highest BCUT2D eigenvalue weighted by molar-refractivity contribution is 7.99. The highest BCUT2D eigenvalue weighted by atomic mass is 32.2. The first-order valence-corrected chi connectivity index (χ1v) is 10.4. The van der Waals surface area contributed by atoms with Gasteiger partial charge >= 0.3 is 5.97 Å². The van der Waals surface area contributed by atoms with Crippen molar-refractivity contribution in [1.82, 2.24) is 14.8 Å². The fourth-order valence-corrected chi connectivity index (χ4v) is 3.41. The van der Waals surface area contributed by atoms with Crippen molar-refractivity contribution < 1.29 is 14.3 Å². The molecular formula is C20H28N4O3S. The number of amides is 1. The van der Waals surface area contributed by atoms with E-state index in [4.69, 9.17) is 4.74 Å². The van der Waals surface area contributed by atoms with E-state index in [0.29, 0.717) is 17.2 Å². The number of ether oxygens (including phenoxy) is 1. The first-order chi connectivity index (χ1) is 13.3. The Bertz CT molecular complexity index is 818. The molecule has 7 nitrogen and oxygen atoms in total. The van der Waals surface area contributed by atoms with Gasteiger partial charge in [0, 0.05) is 18.7 Å². The Morgan fingerprint density at radius 3 is 2.61 bits per heavy atom. The summed E-state index contributed by atoms with van der Waals surface area (Å²) in [5.41, 5.74) is 0.962. The molecule has 8 heteroatoms. The van der Waals surface area contributed by atoms with E-state index in [1.807, 2.05) is 11.5 Å². The molecule has 0 unspecified atom stereocenters. The molecule has 0 bridgehead atoms. The first kappa shape index (κ1) is 21.9. The average Bonchev–Trinajstić information content (AvgIpc) is 3.00. The third-order valence-electron chi connectivity index (χ3n) is 3.76. The highest BCUT2D eigenvalue weighted by Crippen LogP contribution is 2.19. The van der Waals surface area contributed by atoms with Gasteiger partial charge < -0.3 is 14.6 Å². The minimum Gasteiger partial charge on any atom is -0.459 e. The van der Waals surface area contributed by atoms with Crippen LogP contribution in [0.2, 0.25) is 0 Å². The van der Waals surface area contributed by atoms with Crippen LogP contribution < -0.4 is 5.32 Å². The SMILES string of the molecule is CCn1c(CC(C)C)nnc1SCC(=O)Nc1cccc(C(=O)OC(C)C)c1. The first-order valence-electron chi connectivity index (χ1n) is 9.45. The lowest BCUT2D eigenvalue weighted by Gasteiger charge is -2.10. The van der Waals surface area contributed by atoms with Crippen molar-refractivity contribution in [2.24, 2.45) is 5.92 Å². The molecule has 1 N–H and O–H groups in total. The van der Waals surface area contributed by atoms with Gasteiger partial charge in [0.15, 0.2) is 5.16 Å². The Morgan fingerprint density at radius 1 is 1.21 bits per heavy atom. The van der Waals surface area contributed by atoms with E-state index in [1.54, 1.807) is 38.1 Å². The molecule has 0 aliphatic carbocycles. The lowest BCUT2D eigenvalue weighted by Crippen LogP contribution is -2.16. The number of hydrogen-bond acceptors (Lipinski definition) is 6. The minimum absolute atomic E-state index is 0.171. The van der Waals surface area contributed by atoms with Crippen molar-refractivity contribution in [1.29, 1.82) is 0 Å². The van der Waals surface area contributed by atoms with Gasteiger partial charge in [0.2, 0.25) is 5.91 Å². The number of thioether (sulfide) groups is 1. The van der Waals surface area contributed by atoms with Crippen LogP contribution in [0.3, 0.4) is 0 Å². The average molecular weight is 405 g/mol. The molecule has 0 radical (unpaired) electrons. The van der Waals surface area contributed by atoms with Crippen LogP contribution in [-0.2, 0) is 22.5 Å². The van der Waals surface area contributed by atoms with Crippen molar-refractivity contribution >= 4 is 29.3 Å². The Labute approximate surface area is 170 Å². The predicted molar refractivity (Wildman–Crippen MR) is 111 cm³/mol. The van der Waals surface area contributed by atoms with E-state index >= 15 is 0 Å². The fraction of sp³-hybridized carbons (Fsp3) is 0.500. The number of aromatic nitrogens is 3. The smallest absolute Gasteiger partial charge is 0.338 e. The van der Waals surface area contributed by atoms with Gasteiger partial charge in [-0.3, -0.25) is 4.79 Å². The van der Waals surface area contributed by atoms with Gasteiger partial charge in [-0.05, 0) is 44.9 Å². The lowest BCUT2D eigenvalue weighted by atomic mass is 10.1. The third kappa shape index (κ3) is 6.37. The second kappa shape index (κ2) is 10.3. The van der Waals surface area contributed by atoms with E-state index in [2.05, 4.69) is 29.4 Å². The zero-order valence-corrected chi connectivity index (χ0v) is 17.9. The number of hydrogen-bond donors (Lipinski definition) is 1. The number of benzene rings is 1. The highest BCUT2D eigenvalue weighted by Gasteiger charge is 2.15. The lowest BCUT2D eigenvalue weighted by molar-refractivity contribution is -0.113. The van der Waals surface area contributed by atoms with Gasteiger partial charge in [0.25, 0.3) is 0 Å². The summed E-state index contributed by atoms with van der Waals surface area (Å²) >= 11 is 1.35. The number of nitrogens with zero attached hydrogens (tertiary/aromatic N) is 3. The molecule has 2 aromatic rings. The van der Waals surface area contributed by atoms with Crippen LogP contribution in [0, 0.1) is 5.92 Å².